The number of aromatic amines is 1. The van der Waals surface area contributed by atoms with E-state index >= 15 is 0 Å². The Morgan fingerprint density at radius 2 is 1.95 bits per heavy atom. The smallest absolute Gasteiger partial charge is 0.335 e. The summed E-state index contributed by atoms with van der Waals surface area (Å²) in [5.74, 6) is 0.0528. The van der Waals surface area contributed by atoms with Crippen molar-refractivity contribution in [1.82, 2.24) is 9.97 Å². The van der Waals surface area contributed by atoms with Gasteiger partial charge in [-0.2, -0.15) is 0 Å². The highest BCUT2D eigenvalue weighted by atomic mass is 16.4. The molecule has 1 heterocycles. The van der Waals surface area contributed by atoms with E-state index in [1.54, 1.807) is 18.2 Å². The molecule has 2 rings (SSSR count). The summed E-state index contributed by atoms with van der Waals surface area (Å²) in [5, 5.41) is 8.96. The normalized spacial score (nSPS) is 11.1. The molecule has 0 amide bonds. The minimum absolute atomic E-state index is 0.298. The second-order valence-corrected chi connectivity index (χ2v) is 5.24. The Morgan fingerprint density at radius 3 is 2.70 bits per heavy atom. The van der Waals surface area contributed by atoms with Crippen LogP contribution in [0.25, 0.3) is 11.0 Å². The number of carboxylic acid groups (broad SMARTS) is 1. The van der Waals surface area contributed by atoms with Crippen LogP contribution in [0.3, 0.4) is 0 Å². The zero-order valence-electron chi connectivity index (χ0n) is 12.0. The van der Waals surface area contributed by atoms with Gasteiger partial charge >= 0.3 is 5.97 Å². The summed E-state index contributed by atoms with van der Waals surface area (Å²) >= 11 is 0. The Kier molecular flexibility index (Phi) is 5.16. The van der Waals surface area contributed by atoms with Gasteiger partial charge in [-0.3, -0.25) is 0 Å². The van der Waals surface area contributed by atoms with E-state index in [4.69, 9.17) is 5.11 Å². The maximum atomic E-state index is 10.9. The van der Waals surface area contributed by atoms with Crippen LogP contribution in [0.2, 0.25) is 0 Å². The standard InChI is InChI=1S/C16H22N2O2/c1-2-3-4-5-6-7-8-15-17-13-10-9-12(16(19)20)11-14(13)18-15/h9-11H,2-8H2,1H3,(H,17,18)(H,19,20). The Balaban J connectivity index is 1.89. The molecule has 2 aromatic rings. The van der Waals surface area contributed by atoms with E-state index < -0.39 is 5.97 Å². The van der Waals surface area contributed by atoms with Crippen molar-refractivity contribution in [3.63, 3.8) is 0 Å². The maximum absolute atomic E-state index is 10.9. The first kappa shape index (κ1) is 14.6. The summed E-state index contributed by atoms with van der Waals surface area (Å²) < 4.78 is 0. The number of carboxylic acids is 1. The average molecular weight is 274 g/mol. The number of benzene rings is 1. The molecular formula is C16H22N2O2. The number of nitrogens with one attached hydrogen (secondary N) is 1. The molecule has 2 N–H and O–H groups in total. The highest BCUT2D eigenvalue weighted by molar-refractivity contribution is 5.92. The number of aromatic carboxylic acids is 1. The van der Waals surface area contributed by atoms with E-state index in [0.29, 0.717) is 5.56 Å². The quantitative estimate of drug-likeness (QED) is 0.710. The summed E-state index contributed by atoms with van der Waals surface area (Å²) in [5.41, 5.74) is 1.95. The number of hydrogen-bond donors (Lipinski definition) is 2. The number of aryl methyl sites for hydroxylation is 1. The molecular weight excluding hydrogens is 252 g/mol. The highest BCUT2D eigenvalue weighted by Crippen LogP contribution is 2.15. The Hall–Kier alpha value is -1.84. The minimum atomic E-state index is -0.904. The van der Waals surface area contributed by atoms with Crippen molar-refractivity contribution in [2.24, 2.45) is 0 Å². The molecule has 0 fully saturated rings. The van der Waals surface area contributed by atoms with Gasteiger partial charge in [-0.1, -0.05) is 39.0 Å². The molecule has 0 bridgehead atoms. The zero-order valence-corrected chi connectivity index (χ0v) is 12.0. The summed E-state index contributed by atoms with van der Waals surface area (Å²) in [4.78, 5) is 18.6. The van der Waals surface area contributed by atoms with E-state index in [-0.39, 0.29) is 0 Å². The topological polar surface area (TPSA) is 66.0 Å². The number of unbranched alkanes of at least 4 members (excludes halogenated alkanes) is 5. The van der Waals surface area contributed by atoms with Crippen LogP contribution in [-0.2, 0) is 6.42 Å². The van der Waals surface area contributed by atoms with Crippen LogP contribution in [0.5, 0.6) is 0 Å². The van der Waals surface area contributed by atoms with Gasteiger partial charge in [0, 0.05) is 6.42 Å². The van der Waals surface area contributed by atoms with Gasteiger partial charge in [-0.25, -0.2) is 9.78 Å². The number of rotatable bonds is 8. The van der Waals surface area contributed by atoms with Gasteiger partial charge in [0.05, 0.1) is 16.6 Å². The van der Waals surface area contributed by atoms with E-state index in [1.165, 1.54) is 32.1 Å². The van der Waals surface area contributed by atoms with Gasteiger partial charge in [0.1, 0.15) is 5.82 Å². The second kappa shape index (κ2) is 7.08. The molecule has 0 aliphatic carbocycles. The van der Waals surface area contributed by atoms with Crippen LogP contribution in [0, 0.1) is 0 Å². The van der Waals surface area contributed by atoms with E-state index in [1.807, 2.05) is 0 Å². The number of nitrogens with zero attached hydrogens (tertiary/aromatic N) is 1. The lowest BCUT2D eigenvalue weighted by atomic mass is 10.1. The lowest BCUT2D eigenvalue weighted by molar-refractivity contribution is 0.0697. The number of H-pyrrole nitrogens is 1. The highest BCUT2D eigenvalue weighted by Gasteiger charge is 2.07. The Labute approximate surface area is 119 Å². The third-order valence-corrected chi connectivity index (χ3v) is 3.55. The van der Waals surface area contributed by atoms with Crippen molar-refractivity contribution < 1.29 is 9.90 Å². The molecule has 0 aliphatic heterocycles. The number of carbonyl (C=O) groups is 1. The zero-order chi connectivity index (χ0) is 14.4. The van der Waals surface area contributed by atoms with Crippen LogP contribution >= 0.6 is 0 Å². The summed E-state index contributed by atoms with van der Waals surface area (Å²) in [6, 6.07) is 5.01. The molecule has 4 heteroatoms. The summed E-state index contributed by atoms with van der Waals surface area (Å²) in [6.07, 6.45) is 8.50. The first-order chi connectivity index (χ1) is 9.70. The molecule has 1 aromatic heterocycles. The van der Waals surface area contributed by atoms with Crippen LogP contribution < -0.4 is 0 Å². The van der Waals surface area contributed by atoms with Crippen molar-refractivity contribution in [2.75, 3.05) is 0 Å². The van der Waals surface area contributed by atoms with Crippen molar-refractivity contribution in [2.45, 2.75) is 51.9 Å². The fourth-order valence-electron chi connectivity index (χ4n) is 2.39. The molecule has 0 atom stereocenters. The molecule has 108 valence electrons. The van der Waals surface area contributed by atoms with Gasteiger partial charge in [-0.15, -0.1) is 0 Å². The molecule has 0 radical (unpaired) electrons. The predicted molar refractivity (Wildman–Crippen MR) is 80.1 cm³/mol. The van der Waals surface area contributed by atoms with Gasteiger partial charge in [0.15, 0.2) is 0 Å². The summed E-state index contributed by atoms with van der Waals surface area (Å²) in [7, 11) is 0. The fraction of sp³-hybridized carbons (Fsp3) is 0.500. The molecule has 1 aromatic carbocycles. The summed E-state index contributed by atoms with van der Waals surface area (Å²) in [6.45, 7) is 2.22. The Bertz CT molecular complexity index is 575. The van der Waals surface area contributed by atoms with Crippen molar-refractivity contribution in [1.29, 1.82) is 0 Å². The van der Waals surface area contributed by atoms with E-state index in [0.717, 1.165) is 29.7 Å². The second-order valence-electron chi connectivity index (χ2n) is 5.24. The number of imidazole rings is 1. The monoisotopic (exact) mass is 274 g/mol. The number of fused-ring (bicyclic) bond motifs is 1. The fourth-order valence-corrected chi connectivity index (χ4v) is 2.39. The van der Waals surface area contributed by atoms with Gasteiger partial charge in [-0.05, 0) is 24.6 Å². The molecule has 0 spiro atoms. The first-order valence-corrected chi connectivity index (χ1v) is 7.42. The molecule has 0 unspecified atom stereocenters. The maximum Gasteiger partial charge on any atom is 0.335 e. The van der Waals surface area contributed by atoms with Gasteiger partial charge < -0.3 is 10.1 Å². The van der Waals surface area contributed by atoms with Gasteiger partial charge in [0.25, 0.3) is 0 Å². The van der Waals surface area contributed by atoms with Crippen molar-refractivity contribution >= 4 is 17.0 Å². The van der Waals surface area contributed by atoms with Crippen molar-refractivity contribution in [3.8, 4) is 0 Å². The van der Waals surface area contributed by atoms with E-state index in [2.05, 4.69) is 16.9 Å². The SMILES string of the molecule is CCCCCCCCc1nc2ccc(C(=O)O)cc2[nH]1. The lowest BCUT2D eigenvalue weighted by Gasteiger charge is -1.98. The molecule has 0 saturated heterocycles. The van der Waals surface area contributed by atoms with E-state index in [9.17, 15) is 4.79 Å². The minimum Gasteiger partial charge on any atom is -0.478 e. The predicted octanol–water partition coefficient (Wildman–Crippen LogP) is 4.16. The third kappa shape index (κ3) is 3.83. The van der Waals surface area contributed by atoms with Crippen LogP contribution in [-0.4, -0.2) is 21.0 Å². The molecule has 0 saturated carbocycles. The van der Waals surface area contributed by atoms with Crippen LogP contribution in [0.1, 0.15) is 61.6 Å². The van der Waals surface area contributed by atoms with Crippen LogP contribution in [0.4, 0.5) is 0 Å². The molecule has 20 heavy (non-hydrogen) atoms. The van der Waals surface area contributed by atoms with Gasteiger partial charge in [0.2, 0.25) is 0 Å². The number of aromatic nitrogens is 2. The molecule has 0 aliphatic rings. The third-order valence-electron chi connectivity index (χ3n) is 3.55. The lowest BCUT2D eigenvalue weighted by Crippen LogP contribution is -1.94. The average Bonchev–Trinajstić information content (AvgIpc) is 2.84. The van der Waals surface area contributed by atoms with Crippen LogP contribution in [0.15, 0.2) is 18.2 Å². The first-order valence-electron chi connectivity index (χ1n) is 7.42. The number of hydrogen-bond acceptors (Lipinski definition) is 2. The molecule has 4 nitrogen and oxygen atoms in total. The van der Waals surface area contributed by atoms with Crippen molar-refractivity contribution in [3.05, 3.63) is 29.6 Å². The largest absolute Gasteiger partial charge is 0.478 e. The Morgan fingerprint density at radius 1 is 1.20 bits per heavy atom.